The van der Waals surface area contributed by atoms with Crippen LogP contribution in [0.4, 0.5) is 11.5 Å². The molecule has 1 N–H and O–H groups in total. The van der Waals surface area contributed by atoms with Crippen molar-refractivity contribution in [2.24, 2.45) is 0 Å². The van der Waals surface area contributed by atoms with E-state index in [9.17, 15) is 8.42 Å². The number of sulfonamides is 1. The number of aromatic nitrogens is 1. The van der Waals surface area contributed by atoms with E-state index in [0.717, 1.165) is 11.4 Å². The Hall–Kier alpha value is -1.60. The van der Waals surface area contributed by atoms with Crippen LogP contribution in [0.1, 0.15) is 5.56 Å². The van der Waals surface area contributed by atoms with Crippen LogP contribution in [0.25, 0.3) is 0 Å². The zero-order valence-electron chi connectivity index (χ0n) is 12.0. The van der Waals surface area contributed by atoms with Crippen molar-refractivity contribution in [1.29, 1.82) is 0 Å². The van der Waals surface area contributed by atoms with Crippen molar-refractivity contribution in [3.05, 3.63) is 46.6 Å². The van der Waals surface area contributed by atoms with Gasteiger partial charge >= 0.3 is 0 Å². The van der Waals surface area contributed by atoms with Gasteiger partial charge in [-0.05, 0) is 52.7 Å². The number of aryl methyl sites for hydroxylation is 1. The van der Waals surface area contributed by atoms with Crippen LogP contribution in [0.3, 0.4) is 0 Å². The Bertz CT molecular complexity index is 743. The monoisotopic (exact) mass is 369 g/mol. The summed E-state index contributed by atoms with van der Waals surface area (Å²) in [5, 5.41) is 0. The van der Waals surface area contributed by atoms with Gasteiger partial charge in [0.05, 0.1) is 11.9 Å². The van der Waals surface area contributed by atoms with Gasteiger partial charge in [-0.15, -0.1) is 0 Å². The fourth-order valence-electron chi connectivity index (χ4n) is 1.74. The maximum Gasteiger partial charge on any atom is 0.263 e. The topological polar surface area (TPSA) is 62.3 Å². The SMILES string of the molecule is Cc1ccc(S(=O)(=O)Nc2ccc(N(C)C)nc2)c(Br)c1. The summed E-state index contributed by atoms with van der Waals surface area (Å²) < 4.78 is 27.8. The van der Waals surface area contributed by atoms with Gasteiger partial charge < -0.3 is 4.90 Å². The maximum atomic E-state index is 12.4. The lowest BCUT2D eigenvalue weighted by atomic mass is 10.2. The van der Waals surface area contributed by atoms with Gasteiger partial charge in [-0.2, -0.15) is 0 Å². The second-order valence-corrected chi connectivity index (χ2v) is 7.34. The highest BCUT2D eigenvalue weighted by molar-refractivity contribution is 9.10. The zero-order chi connectivity index (χ0) is 15.6. The molecule has 0 bridgehead atoms. The van der Waals surface area contributed by atoms with Crippen molar-refractivity contribution in [3.63, 3.8) is 0 Å². The lowest BCUT2D eigenvalue weighted by Gasteiger charge is -2.13. The molecule has 0 aliphatic rings. The largest absolute Gasteiger partial charge is 0.363 e. The normalized spacial score (nSPS) is 11.2. The van der Waals surface area contributed by atoms with Crippen molar-refractivity contribution in [1.82, 2.24) is 4.98 Å². The Morgan fingerprint density at radius 2 is 1.90 bits per heavy atom. The molecule has 21 heavy (non-hydrogen) atoms. The van der Waals surface area contributed by atoms with Crippen LogP contribution in [0, 0.1) is 6.92 Å². The molecule has 1 aromatic carbocycles. The molecule has 0 atom stereocenters. The minimum atomic E-state index is -3.64. The first kappa shape index (κ1) is 15.8. The summed E-state index contributed by atoms with van der Waals surface area (Å²) in [5.74, 6) is 0.759. The first-order valence-electron chi connectivity index (χ1n) is 6.22. The third kappa shape index (κ3) is 3.74. The molecule has 5 nitrogen and oxygen atoms in total. The number of benzene rings is 1. The third-order valence-electron chi connectivity index (χ3n) is 2.84. The summed E-state index contributed by atoms with van der Waals surface area (Å²) in [5.41, 5.74) is 1.41. The predicted molar refractivity (Wildman–Crippen MR) is 88.3 cm³/mol. The van der Waals surface area contributed by atoms with Gasteiger partial charge in [-0.3, -0.25) is 4.72 Å². The number of anilines is 2. The molecule has 1 aromatic heterocycles. The minimum absolute atomic E-state index is 0.199. The van der Waals surface area contributed by atoms with Crippen molar-refractivity contribution in [3.8, 4) is 0 Å². The number of nitrogens with one attached hydrogen (secondary N) is 1. The lowest BCUT2D eigenvalue weighted by Crippen LogP contribution is -2.15. The van der Waals surface area contributed by atoms with Crippen LogP contribution in [-0.2, 0) is 10.0 Å². The quantitative estimate of drug-likeness (QED) is 0.899. The van der Waals surface area contributed by atoms with Crippen LogP contribution in [0.2, 0.25) is 0 Å². The molecule has 0 amide bonds. The Morgan fingerprint density at radius 1 is 1.19 bits per heavy atom. The number of halogens is 1. The first-order chi connectivity index (χ1) is 9.79. The highest BCUT2D eigenvalue weighted by Crippen LogP contribution is 2.25. The molecule has 0 fully saturated rings. The Morgan fingerprint density at radius 3 is 2.43 bits per heavy atom. The third-order valence-corrected chi connectivity index (χ3v) is 5.19. The van der Waals surface area contributed by atoms with Crippen molar-refractivity contribution >= 4 is 37.5 Å². The molecule has 0 aliphatic heterocycles. The van der Waals surface area contributed by atoms with E-state index in [1.54, 1.807) is 30.3 Å². The van der Waals surface area contributed by atoms with Gasteiger partial charge in [0.15, 0.2) is 0 Å². The molecule has 2 aromatic rings. The van der Waals surface area contributed by atoms with Gasteiger partial charge in [0, 0.05) is 18.6 Å². The van der Waals surface area contributed by atoms with Crippen molar-refractivity contribution in [2.45, 2.75) is 11.8 Å². The van der Waals surface area contributed by atoms with Crippen LogP contribution >= 0.6 is 15.9 Å². The smallest absolute Gasteiger partial charge is 0.263 e. The first-order valence-corrected chi connectivity index (χ1v) is 8.49. The lowest BCUT2D eigenvalue weighted by molar-refractivity contribution is 0.600. The average molecular weight is 370 g/mol. The summed E-state index contributed by atoms with van der Waals surface area (Å²) in [6.45, 7) is 1.90. The molecular weight excluding hydrogens is 354 g/mol. The number of rotatable bonds is 4. The fourth-order valence-corrected chi connectivity index (χ4v) is 3.98. The van der Waals surface area contributed by atoms with E-state index < -0.39 is 10.0 Å². The Balaban J connectivity index is 2.28. The van der Waals surface area contributed by atoms with E-state index >= 15 is 0 Å². The van der Waals surface area contributed by atoms with E-state index in [0.29, 0.717) is 10.2 Å². The molecule has 1 heterocycles. The van der Waals surface area contributed by atoms with E-state index in [1.165, 1.54) is 6.20 Å². The highest BCUT2D eigenvalue weighted by Gasteiger charge is 2.17. The molecular formula is C14H16BrN3O2S. The highest BCUT2D eigenvalue weighted by atomic mass is 79.9. The van der Waals surface area contributed by atoms with Crippen LogP contribution < -0.4 is 9.62 Å². The Labute approximate surface area is 133 Å². The van der Waals surface area contributed by atoms with Crippen molar-refractivity contribution in [2.75, 3.05) is 23.7 Å². The summed E-state index contributed by atoms with van der Waals surface area (Å²) in [7, 11) is 0.0969. The molecule has 7 heteroatoms. The summed E-state index contributed by atoms with van der Waals surface area (Å²) in [6, 6.07) is 8.53. The summed E-state index contributed by atoms with van der Waals surface area (Å²) in [4.78, 5) is 6.22. The second-order valence-electron chi connectivity index (χ2n) is 4.84. The van der Waals surface area contributed by atoms with Crippen LogP contribution in [-0.4, -0.2) is 27.5 Å². The summed E-state index contributed by atoms with van der Waals surface area (Å²) >= 11 is 3.29. The van der Waals surface area contributed by atoms with Crippen LogP contribution in [0.5, 0.6) is 0 Å². The molecule has 0 saturated heterocycles. The molecule has 0 unspecified atom stereocenters. The number of hydrogen-bond donors (Lipinski definition) is 1. The molecule has 2 rings (SSSR count). The van der Waals surface area contributed by atoms with Crippen molar-refractivity contribution < 1.29 is 8.42 Å². The van der Waals surface area contributed by atoms with E-state index in [4.69, 9.17) is 0 Å². The van der Waals surface area contributed by atoms with Gasteiger partial charge in [0.25, 0.3) is 10.0 Å². The predicted octanol–water partition coefficient (Wildman–Crippen LogP) is 3.02. The zero-order valence-corrected chi connectivity index (χ0v) is 14.4. The minimum Gasteiger partial charge on any atom is -0.363 e. The van der Waals surface area contributed by atoms with Gasteiger partial charge in [0.1, 0.15) is 10.7 Å². The Kier molecular flexibility index (Phi) is 4.53. The fraction of sp³-hybridized carbons (Fsp3) is 0.214. The van der Waals surface area contributed by atoms with Gasteiger partial charge in [-0.1, -0.05) is 6.07 Å². The molecule has 0 aliphatic carbocycles. The van der Waals surface area contributed by atoms with Crippen LogP contribution in [0.15, 0.2) is 45.9 Å². The number of nitrogens with zero attached hydrogens (tertiary/aromatic N) is 2. The van der Waals surface area contributed by atoms with Gasteiger partial charge in [-0.25, -0.2) is 13.4 Å². The number of pyridine rings is 1. The van der Waals surface area contributed by atoms with E-state index in [1.807, 2.05) is 25.9 Å². The second kappa shape index (κ2) is 6.03. The number of hydrogen-bond acceptors (Lipinski definition) is 4. The van der Waals surface area contributed by atoms with Gasteiger partial charge in [0.2, 0.25) is 0 Å². The molecule has 0 radical (unpaired) electrons. The van der Waals surface area contributed by atoms with E-state index in [2.05, 4.69) is 25.6 Å². The standard InChI is InChI=1S/C14H16BrN3O2S/c1-10-4-6-13(12(15)8-10)21(19,20)17-11-5-7-14(16-9-11)18(2)3/h4-9,17H,1-3H3. The average Bonchev–Trinajstić information content (AvgIpc) is 2.38. The summed E-state index contributed by atoms with van der Waals surface area (Å²) in [6.07, 6.45) is 1.50. The molecule has 0 saturated carbocycles. The molecule has 112 valence electrons. The molecule has 0 spiro atoms. The van der Waals surface area contributed by atoms with E-state index in [-0.39, 0.29) is 4.90 Å². The maximum absolute atomic E-state index is 12.4.